The van der Waals surface area contributed by atoms with Crippen LogP contribution in [0.3, 0.4) is 0 Å². The van der Waals surface area contributed by atoms with Crippen LogP contribution >= 0.6 is 15.9 Å². The van der Waals surface area contributed by atoms with Gasteiger partial charge < -0.3 is 5.73 Å². The number of pyridine rings is 1. The van der Waals surface area contributed by atoms with Gasteiger partial charge in [0.1, 0.15) is 0 Å². The molecule has 1 aromatic heterocycles. The second-order valence-electron chi connectivity index (χ2n) is 4.65. The van der Waals surface area contributed by atoms with Crippen LogP contribution in [0.4, 0.5) is 0 Å². The highest BCUT2D eigenvalue weighted by atomic mass is 79.9. The minimum Gasteiger partial charge on any atom is -0.327 e. The third-order valence-electron chi connectivity index (χ3n) is 3.29. The Morgan fingerprint density at radius 1 is 1.35 bits per heavy atom. The molecule has 3 heteroatoms. The number of nitrogens with two attached hydrogens (primary N) is 1. The highest BCUT2D eigenvalue weighted by Gasteiger charge is 2.16. The Kier molecular flexibility index (Phi) is 6.75. The predicted molar refractivity (Wildman–Crippen MR) is 76.9 cm³/mol. The van der Waals surface area contributed by atoms with E-state index in [0.29, 0.717) is 5.92 Å². The van der Waals surface area contributed by atoms with E-state index in [1.165, 1.54) is 19.3 Å². The zero-order valence-corrected chi connectivity index (χ0v) is 12.4. The molecule has 0 spiro atoms. The first-order chi connectivity index (χ1) is 8.17. The molecule has 1 aromatic rings. The molecule has 0 aliphatic rings. The van der Waals surface area contributed by atoms with Gasteiger partial charge in [0.15, 0.2) is 0 Å². The van der Waals surface area contributed by atoms with Crippen LogP contribution in [0.25, 0.3) is 0 Å². The van der Waals surface area contributed by atoms with Gasteiger partial charge in [-0.1, -0.05) is 33.1 Å². The molecule has 0 aromatic carbocycles. The minimum atomic E-state index is 0.236. The second-order valence-corrected chi connectivity index (χ2v) is 5.56. The van der Waals surface area contributed by atoms with Gasteiger partial charge in [-0.25, -0.2) is 0 Å². The number of nitrogens with zero attached hydrogens (tertiary/aromatic N) is 1. The van der Waals surface area contributed by atoms with Crippen LogP contribution in [0.5, 0.6) is 0 Å². The standard InChI is InChI=1S/C14H23BrN2/c1-3-5-6-11(4-2)14(16)9-13-8-7-12(15)10-17-13/h7-8,10-11,14H,3-6,9,16H2,1-2H3. The fraction of sp³-hybridized carbons (Fsp3) is 0.643. The molecule has 0 aliphatic heterocycles. The predicted octanol–water partition coefficient (Wildman–Crippen LogP) is 3.93. The van der Waals surface area contributed by atoms with Crippen molar-refractivity contribution in [3.05, 3.63) is 28.5 Å². The second kappa shape index (κ2) is 7.83. The molecule has 96 valence electrons. The number of rotatable bonds is 7. The van der Waals surface area contributed by atoms with Crippen molar-refractivity contribution in [3.63, 3.8) is 0 Å². The summed E-state index contributed by atoms with van der Waals surface area (Å²) in [7, 11) is 0. The molecule has 0 amide bonds. The molecule has 0 fully saturated rings. The Morgan fingerprint density at radius 3 is 2.65 bits per heavy atom. The highest BCUT2D eigenvalue weighted by Crippen LogP contribution is 2.18. The third-order valence-corrected chi connectivity index (χ3v) is 3.76. The van der Waals surface area contributed by atoms with Gasteiger partial charge in [-0.2, -0.15) is 0 Å². The number of hydrogen-bond donors (Lipinski definition) is 1. The SMILES string of the molecule is CCCCC(CC)C(N)Cc1ccc(Br)cn1. The van der Waals surface area contributed by atoms with E-state index in [2.05, 4.69) is 40.8 Å². The maximum atomic E-state index is 6.29. The molecule has 0 radical (unpaired) electrons. The van der Waals surface area contributed by atoms with Crippen molar-refractivity contribution < 1.29 is 0 Å². The number of hydrogen-bond acceptors (Lipinski definition) is 2. The molecule has 2 atom stereocenters. The van der Waals surface area contributed by atoms with Gasteiger partial charge in [0.25, 0.3) is 0 Å². The lowest BCUT2D eigenvalue weighted by molar-refractivity contribution is 0.367. The highest BCUT2D eigenvalue weighted by molar-refractivity contribution is 9.10. The molecule has 17 heavy (non-hydrogen) atoms. The van der Waals surface area contributed by atoms with E-state index in [4.69, 9.17) is 5.73 Å². The van der Waals surface area contributed by atoms with Crippen molar-refractivity contribution in [1.29, 1.82) is 0 Å². The Labute approximate surface area is 113 Å². The van der Waals surface area contributed by atoms with Crippen LogP contribution in [-0.4, -0.2) is 11.0 Å². The first-order valence-corrected chi connectivity index (χ1v) is 7.32. The first kappa shape index (κ1) is 14.7. The van der Waals surface area contributed by atoms with Crippen molar-refractivity contribution >= 4 is 15.9 Å². The van der Waals surface area contributed by atoms with Crippen LogP contribution in [0, 0.1) is 5.92 Å². The maximum Gasteiger partial charge on any atom is 0.0420 e. The van der Waals surface area contributed by atoms with Gasteiger partial charge >= 0.3 is 0 Å². The smallest absolute Gasteiger partial charge is 0.0420 e. The minimum absolute atomic E-state index is 0.236. The molecule has 0 bridgehead atoms. The summed E-state index contributed by atoms with van der Waals surface area (Å²) < 4.78 is 1.02. The quantitative estimate of drug-likeness (QED) is 0.828. The summed E-state index contributed by atoms with van der Waals surface area (Å²) >= 11 is 3.39. The van der Waals surface area contributed by atoms with Gasteiger partial charge in [0, 0.05) is 28.8 Å². The molecule has 1 heterocycles. The molecule has 2 nitrogen and oxygen atoms in total. The van der Waals surface area contributed by atoms with Crippen molar-refractivity contribution in [2.45, 2.75) is 52.0 Å². The zero-order chi connectivity index (χ0) is 12.7. The lowest BCUT2D eigenvalue weighted by atomic mass is 9.89. The topological polar surface area (TPSA) is 38.9 Å². The first-order valence-electron chi connectivity index (χ1n) is 6.53. The van der Waals surface area contributed by atoms with Crippen LogP contribution in [0.15, 0.2) is 22.8 Å². The van der Waals surface area contributed by atoms with Gasteiger partial charge in [-0.3, -0.25) is 4.98 Å². The lowest BCUT2D eigenvalue weighted by Crippen LogP contribution is -2.32. The van der Waals surface area contributed by atoms with Crippen molar-refractivity contribution in [1.82, 2.24) is 4.98 Å². The Balaban J connectivity index is 2.51. The average Bonchev–Trinajstić information content (AvgIpc) is 2.33. The summed E-state index contributed by atoms with van der Waals surface area (Å²) in [6, 6.07) is 4.32. The summed E-state index contributed by atoms with van der Waals surface area (Å²) in [4.78, 5) is 4.39. The molecule has 0 saturated carbocycles. The van der Waals surface area contributed by atoms with Gasteiger partial charge in [-0.15, -0.1) is 0 Å². The van der Waals surface area contributed by atoms with E-state index in [0.717, 1.165) is 23.0 Å². The monoisotopic (exact) mass is 298 g/mol. The molecule has 0 aliphatic carbocycles. The van der Waals surface area contributed by atoms with Crippen LogP contribution in [-0.2, 0) is 6.42 Å². The number of unbranched alkanes of at least 4 members (excludes halogenated alkanes) is 1. The van der Waals surface area contributed by atoms with E-state index >= 15 is 0 Å². The van der Waals surface area contributed by atoms with E-state index < -0.39 is 0 Å². The van der Waals surface area contributed by atoms with Gasteiger partial charge in [-0.05, 0) is 40.4 Å². The van der Waals surface area contributed by atoms with Crippen LogP contribution in [0.2, 0.25) is 0 Å². The summed E-state index contributed by atoms with van der Waals surface area (Å²) in [6.45, 7) is 4.46. The van der Waals surface area contributed by atoms with Crippen molar-refractivity contribution in [3.8, 4) is 0 Å². The number of aromatic nitrogens is 1. The maximum absolute atomic E-state index is 6.29. The Hall–Kier alpha value is -0.410. The van der Waals surface area contributed by atoms with E-state index in [1.807, 2.05) is 12.3 Å². The van der Waals surface area contributed by atoms with E-state index in [-0.39, 0.29) is 6.04 Å². The van der Waals surface area contributed by atoms with Crippen molar-refractivity contribution in [2.24, 2.45) is 11.7 Å². The largest absolute Gasteiger partial charge is 0.327 e. The van der Waals surface area contributed by atoms with Crippen LogP contribution < -0.4 is 5.73 Å². The fourth-order valence-electron chi connectivity index (χ4n) is 2.12. The Morgan fingerprint density at radius 2 is 2.12 bits per heavy atom. The number of halogens is 1. The molecular weight excluding hydrogens is 276 g/mol. The summed E-state index contributed by atoms with van der Waals surface area (Å²) in [5, 5.41) is 0. The van der Waals surface area contributed by atoms with E-state index in [1.54, 1.807) is 0 Å². The van der Waals surface area contributed by atoms with Gasteiger partial charge in [0.05, 0.1) is 0 Å². The lowest BCUT2D eigenvalue weighted by Gasteiger charge is -2.22. The third kappa shape index (κ3) is 5.17. The van der Waals surface area contributed by atoms with Crippen LogP contribution in [0.1, 0.15) is 45.2 Å². The van der Waals surface area contributed by atoms with Crippen molar-refractivity contribution in [2.75, 3.05) is 0 Å². The summed E-state index contributed by atoms with van der Waals surface area (Å²) in [5.41, 5.74) is 7.38. The molecule has 2 N–H and O–H groups in total. The normalized spacial score (nSPS) is 14.6. The summed E-state index contributed by atoms with van der Waals surface area (Å²) in [5.74, 6) is 0.625. The fourth-order valence-corrected chi connectivity index (χ4v) is 2.36. The zero-order valence-electron chi connectivity index (χ0n) is 10.8. The molecule has 2 unspecified atom stereocenters. The molecule has 0 saturated heterocycles. The van der Waals surface area contributed by atoms with Gasteiger partial charge in [0.2, 0.25) is 0 Å². The molecule has 1 rings (SSSR count). The summed E-state index contributed by atoms with van der Waals surface area (Å²) in [6.07, 6.45) is 7.66. The molecular formula is C14H23BrN2. The average molecular weight is 299 g/mol. The van der Waals surface area contributed by atoms with E-state index in [9.17, 15) is 0 Å². The Bertz CT molecular complexity index is 311.